The van der Waals surface area contributed by atoms with Gasteiger partial charge >= 0.3 is 0 Å². The molecular formula is C12H21ClN4O2S. The number of aromatic nitrogens is 2. The van der Waals surface area contributed by atoms with E-state index in [2.05, 4.69) is 20.0 Å². The van der Waals surface area contributed by atoms with E-state index in [0.29, 0.717) is 23.3 Å². The number of rotatable bonds is 7. The molecule has 0 amide bonds. The molecule has 0 saturated heterocycles. The van der Waals surface area contributed by atoms with Gasteiger partial charge in [0.1, 0.15) is 16.8 Å². The first-order chi connectivity index (χ1) is 9.26. The quantitative estimate of drug-likeness (QED) is 0.750. The molecule has 1 aromatic rings. The standard InChI is InChI=1S/C12H21ClN4O2S/c1-5-15-20(18,19)7-6-14-12-9(4)10(13)16-11(17-12)8(2)3/h8,15H,5-7H2,1-4H3,(H,14,16,17). The highest BCUT2D eigenvalue weighted by molar-refractivity contribution is 7.89. The summed E-state index contributed by atoms with van der Waals surface area (Å²) in [5, 5.41) is 3.40. The van der Waals surface area contributed by atoms with Gasteiger partial charge in [0, 0.05) is 24.6 Å². The molecule has 0 aliphatic heterocycles. The van der Waals surface area contributed by atoms with Crippen LogP contribution < -0.4 is 10.0 Å². The summed E-state index contributed by atoms with van der Waals surface area (Å²) >= 11 is 6.06. The van der Waals surface area contributed by atoms with Crippen LogP contribution in [0.1, 0.15) is 38.1 Å². The Balaban J connectivity index is 2.78. The topological polar surface area (TPSA) is 84.0 Å². The Bertz CT molecular complexity index is 561. The van der Waals surface area contributed by atoms with Crippen molar-refractivity contribution in [2.45, 2.75) is 33.6 Å². The Hall–Kier alpha value is -0.920. The first-order valence-electron chi connectivity index (χ1n) is 6.52. The fourth-order valence-electron chi connectivity index (χ4n) is 1.53. The van der Waals surface area contributed by atoms with E-state index in [9.17, 15) is 8.42 Å². The Kier molecular flexibility index (Phi) is 6.16. The molecule has 0 saturated carbocycles. The summed E-state index contributed by atoms with van der Waals surface area (Å²) in [6.07, 6.45) is 0. The molecule has 0 spiro atoms. The second kappa shape index (κ2) is 7.19. The number of sulfonamides is 1. The summed E-state index contributed by atoms with van der Waals surface area (Å²) in [7, 11) is -3.24. The number of halogens is 1. The predicted molar refractivity (Wildman–Crippen MR) is 81.8 cm³/mol. The van der Waals surface area contributed by atoms with E-state index in [1.165, 1.54) is 0 Å². The van der Waals surface area contributed by atoms with Crippen LogP contribution in [0.2, 0.25) is 5.15 Å². The minimum Gasteiger partial charge on any atom is -0.369 e. The largest absolute Gasteiger partial charge is 0.369 e. The molecule has 1 rings (SSSR count). The van der Waals surface area contributed by atoms with E-state index in [-0.39, 0.29) is 18.2 Å². The van der Waals surface area contributed by atoms with Gasteiger partial charge in [-0.3, -0.25) is 0 Å². The Labute approximate surface area is 125 Å². The molecule has 1 aromatic heterocycles. The van der Waals surface area contributed by atoms with Gasteiger partial charge in [-0.25, -0.2) is 23.1 Å². The van der Waals surface area contributed by atoms with Crippen molar-refractivity contribution < 1.29 is 8.42 Å². The number of anilines is 1. The van der Waals surface area contributed by atoms with E-state index in [1.807, 2.05) is 13.8 Å². The smallest absolute Gasteiger partial charge is 0.213 e. The Morgan fingerprint density at radius 3 is 2.50 bits per heavy atom. The lowest BCUT2D eigenvalue weighted by molar-refractivity contribution is 0.584. The third-order valence-corrected chi connectivity index (χ3v) is 4.49. The average molecular weight is 321 g/mol. The van der Waals surface area contributed by atoms with Gasteiger partial charge in [-0.15, -0.1) is 0 Å². The van der Waals surface area contributed by atoms with E-state index in [1.54, 1.807) is 13.8 Å². The van der Waals surface area contributed by atoms with Crippen molar-refractivity contribution in [2.75, 3.05) is 24.2 Å². The maximum atomic E-state index is 11.5. The molecule has 0 bridgehead atoms. The summed E-state index contributed by atoms with van der Waals surface area (Å²) in [5.41, 5.74) is 0.719. The molecule has 0 atom stereocenters. The molecule has 114 valence electrons. The SMILES string of the molecule is CCNS(=O)(=O)CCNc1nc(C(C)C)nc(Cl)c1C. The van der Waals surface area contributed by atoms with Gasteiger partial charge in [0.25, 0.3) is 0 Å². The van der Waals surface area contributed by atoms with Crippen LogP contribution in [0.25, 0.3) is 0 Å². The minimum absolute atomic E-state index is 0.0150. The summed E-state index contributed by atoms with van der Waals surface area (Å²) < 4.78 is 25.5. The maximum absolute atomic E-state index is 11.5. The molecular weight excluding hydrogens is 300 g/mol. The van der Waals surface area contributed by atoms with Gasteiger partial charge < -0.3 is 5.32 Å². The van der Waals surface area contributed by atoms with Crippen molar-refractivity contribution in [3.05, 3.63) is 16.5 Å². The molecule has 0 unspecified atom stereocenters. The number of hydrogen-bond acceptors (Lipinski definition) is 5. The molecule has 0 fully saturated rings. The molecule has 8 heteroatoms. The molecule has 0 aliphatic rings. The zero-order chi connectivity index (χ0) is 15.3. The normalized spacial score (nSPS) is 11.9. The van der Waals surface area contributed by atoms with E-state index in [0.717, 1.165) is 5.56 Å². The van der Waals surface area contributed by atoms with Crippen LogP contribution in [-0.2, 0) is 10.0 Å². The van der Waals surface area contributed by atoms with Gasteiger partial charge in [0.2, 0.25) is 10.0 Å². The summed E-state index contributed by atoms with van der Waals surface area (Å²) in [6, 6.07) is 0. The summed E-state index contributed by atoms with van der Waals surface area (Å²) in [6.45, 7) is 8.14. The highest BCUT2D eigenvalue weighted by atomic mass is 35.5. The van der Waals surface area contributed by atoms with Gasteiger partial charge in [-0.05, 0) is 6.92 Å². The Morgan fingerprint density at radius 2 is 1.95 bits per heavy atom. The van der Waals surface area contributed by atoms with E-state index < -0.39 is 10.0 Å². The minimum atomic E-state index is -3.24. The van der Waals surface area contributed by atoms with Crippen molar-refractivity contribution in [3.63, 3.8) is 0 Å². The third-order valence-electron chi connectivity index (χ3n) is 2.65. The van der Waals surface area contributed by atoms with Gasteiger partial charge in [0.05, 0.1) is 5.75 Å². The summed E-state index contributed by atoms with van der Waals surface area (Å²) in [4.78, 5) is 8.58. The molecule has 2 N–H and O–H groups in total. The molecule has 20 heavy (non-hydrogen) atoms. The fourth-order valence-corrected chi connectivity index (χ4v) is 2.66. The van der Waals surface area contributed by atoms with Crippen molar-refractivity contribution in [3.8, 4) is 0 Å². The molecule has 0 aliphatic carbocycles. The third kappa shape index (κ3) is 4.88. The van der Waals surface area contributed by atoms with Gasteiger partial charge in [-0.2, -0.15) is 0 Å². The van der Waals surface area contributed by atoms with Crippen LogP contribution >= 0.6 is 11.6 Å². The fraction of sp³-hybridized carbons (Fsp3) is 0.667. The number of hydrogen-bond donors (Lipinski definition) is 2. The highest BCUT2D eigenvalue weighted by Crippen LogP contribution is 2.22. The lowest BCUT2D eigenvalue weighted by atomic mass is 10.2. The van der Waals surface area contributed by atoms with Crippen LogP contribution in [-0.4, -0.2) is 37.2 Å². The zero-order valence-corrected chi connectivity index (χ0v) is 13.8. The lowest BCUT2D eigenvalue weighted by Gasteiger charge is -2.13. The average Bonchev–Trinajstić information content (AvgIpc) is 2.33. The Morgan fingerprint density at radius 1 is 1.30 bits per heavy atom. The highest BCUT2D eigenvalue weighted by Gasteiger charge is 2.13. The number of nitrogens with zero attached hydrogens (tertiary/aromatic N) is 2. The first kappa shape index (κ1) is 17.1. The van der Waals surface area contributed by atoms with Crippen molar-refractivity contribution in [1.82, 2.24) is 14.7 Å². The van der Waals surface area contributed by atoms with E-state index >= 15 is 0 Å². The first-order valence-corrected chi connectivity index (χ1v) is 8.55. The zero-order valence-electron chi connectivity index (χ0n) is 12.2. The molecule has 0 radical (unpaired) electrons. The van der Waals surface area contributed by atoms with Crippen molar-refractivity contribution in [1.29, 1.82) is 0 Å². The van der Waals surface area contributed by atoms with Crippen LogP contribution in [0.3, 0.4) is 0 Å². The predicted octanol–water partition coefficient (Wildman–Crippen LogP) is 1.91. The van der Waals surface area contributed by atoms with Gasteiger partial charge in [0.15, 0.2) is 0 Å². The van der Waals surface area contributed by atoms with E-state index in [4.69, 9.17) is 11.6 Å². The summed E-state index contributed by atoms with van der Waals surface area (Å²) in [5.74, 6) is 1.36. The van der Waals surface area contributed by atoms with Gasteiger partial charge in [-0.1, -0.05) is 32.4 Å². The second-order valence-corrected chi connectivity index (χ2v) is 7.03. The monoisotopic (exact) mass is 320 g/mol. The molecule has 0 aromatic carbocycles. The van der Waals surface area contributed by atoms with Crippen LogP contribution in [0.4, 0.5) is 5.82 Å². The lowest BCUT2D eigenvalue weighted by Crippen LogP contribution is -2.29. The molecule has 1 heterocycles. The van der Waals surface area contributed by atoms with Crippen LogP contribution in [0, 0.1) is 6.92 Å². The van der Waals surface area contributed by atoms with Crippen molar-refractivity contribution in [2.24, 2.45) is 0 Å². The second-order valence-electron chi connectivity index (χ2n) is 4.74. The van der Waals surface area contributed by atoms with Crippen LogP contribution in [0.5, 0.6) is 0 Å². The maximum Gasteiger partial charge on any atom is 0.213 e. The molecule has 6 nitrogen and oxygen atoms in total. The van der Waals surface area contributed by atoms with Crippen molar-refractivity contribution >= 4 is 27.4 Å². The number of nitrogens with one attached hydrogen (secondary N) is 2. The van der Waals surface area contributed by atoms with Crippen LogP contribution in [0.15, 0.2) is 0 Å².